The largest absolute Gasteiger partial charge is 0.322 e. The van der Waals surface area contributed by atoms with Crippen LogP contribution in [0.4, 0.5) is 5.69 Å². The molecule has 0 aliphatic heterocycles. The zero-order valence-electron chi connectivity index (χ0n) is 12.6. The quantitative estimate of drug-likeness (QED) is 0.929. The maximum absolute atomic E-state index is 12.2. The molecule has 0 saturated heterocycles. The van der Waals surface area contributed by atoms with E-state index in [1.165, 1.54) is 38.4 Å². The Morgan fingerprint density at radius 1 is 1.13 bits per heavy atom. The van der Waals surface area contributed by atoms with Gasteiger partial charge >= 0.3 is 0 Å². The third-order valence-electron chi connectivity index (χ3n) is 3.15. The van der Waals surface area contributed by atoms with E-state index >= 15 is 0 Å². The number of nitrogens with one attached hydrogen (secondary N) is 1. The first-order valence-corrected chi connectivity index (χ1v) is 8.12. The fourth-order valence-electron chi connectivity index (χ4n) is 1.84. The Kier molecular flexibility index (Phi) is 4.79. The lowest BCUT2D eigenvalue weighted by molar-refractivity contribution is 0.102. The number of nitrogens with zero attached hydrogens (tertiary/aromatic N) is 2. The Bertz CT molecular complexity index is 866. The molecule has 0 unspecified atom stereocenters. The molecule has 7 heteroatoms. The van der Waals surface area contributed by atoms with Gasteiger partial charge in [-0.05, 0) is 42.5 Å². The minimum absolute atomic E-state index is 0.0509. The van der Waals surface area contributed by atoms with Crippen molar-refractivity contribution < 1.29 is 13.2 Å². The summed E-state index contributed by atoms with van der Waals surface area (Å²) in [5.41, 5.74) is 1.24. The van der Waals surface area contributed by atoms with Gasteiger partial charge in [-0.15, -0.1) is 0 Å². The van der Waals surface area contributed by atoms with Crippen LogP contribution < -0.4 is 5.32 Å². The van der Waals surface area contributed by atoms with Gasteiger partial charge in [-0.1, -0.05) is 6.07 Å². The molecular weight excluding hydrogens is 314 g/mol. The van der Waals surface area contributed by atoms with Crippen molar-refractivity contribution in [2.24, 2.45) is 0 Å². The van der Waals surface area contributed by atoms with Crippen LogP contribution in [0.5, 0.6) is 0 Å². The Balaban J connectivity index is 2.25. The third-order valence-corrected chi connectivity index (χ3v) is 4.96. The lowest BCUT2D eigenvalue weighted by Gasteiger charge is -2.12. The predicted molar refractivity (Wildman–Crippen MR) is 86.4 cm³/mol. The van der Waals surface area contributed by atoms with Gasteiger partial charge < -0.3 is 5.32 Å². The highest BCUT2D eigenvalue weighted by Crippen LogP contribution is 2.16. The topological polar surface area (TPSA) is 90.3 Å². The van der Waals surface area contributed by atoms with E-state index in [1.54, 1.807) is 24.3 Å². The monoisotopic (exact) mass is 329 g/mol. The highest BCUT2D eigenvalue weighted by Gasteiger charge is 2.18. The molecule has 118 valence electrons. The van der Waals surface area contributed by atoms with Crippen LogP contribution in [0.25, 0.3) is 0 Å². The molecule has 0 spiro atoms. The van der Waals surface area contributed by atoms with E-state index in [-0.39, 0.29) is 10.5 Å². The second-order valence-electron chi connectivity index (χ2n) is 4.96. The maximum atomic E-state index is 12.2. The van der Waals surface area contributed by atoms with Crippen molar-refractivity contribution in [3.05, 3.63) is 59.7 Å². The Labute approximate surface area is 135 Å². The molecule has 0 radical (unpaired) electrons. The van der Waals surface area contributed by atoms with E-state index in [0.29, 0.717) is 11.3 Å². The first-order valence-electron chi connectivity index (χ1n) is 6.68. The van der Waals surface area contributed by atoms with Crippen LogP contribution in [0, 0.1) is 11.3 Å². The molecule has 0 saturated carbocycles. The van der Waals surface area contributed by atoms with Crippen LogP contribution in [0.2, 0.25) is 0 Å². The SMILES string of the molecule is CN(C)S(=O)(=O)c1cccc(C(=O)Nc2ccc(C#N)cc2)c1. The number of anilines is 1. The van der Waals surface area contributed by atoms with Crippen LogP contribution in [-0.2, 0) is 10.0 Å². The summed E-state index contributed by atoms with van der Waals surface area (Å²) >= 11 is 0. The zero-order valence-corrected chi connectivity index (χ0v) is 13.5. The average Bonchev–Trinajstić information content (AvgIpc) is 2.55. The summed E-state index contributed by atoms with van der Waals surface area (Å²) < 4.78 is 25.3. The molecule has 0 aromatic heterocycles. The second kappa shape index (κ2) is 6.60. The molecule has 1 N–H and O–H groups in total. The van der Waals surface area contributed by atoms with Crippen molar-refractivity contribution in [3.8, 4) is 6.07 Å². The number of carbonyl (C=O) groups is 1. The maximum Gasteiger partial charge on any atom is 0.255 e. The van der Waals surface area contributed by atoms with Gasteiger partial charge in [0.05, 0.1) is 16.5 Å². The molecule has 2 aromatic carbocycles. The molecule has 1 amide bonds. The molecular formula is C16H15N3O3S. The molecule has 0 heterocycles. The van der Waals surface area contributed by atoms with Crippen molar-refractivity contribution in [2.75, 3.05) is 19.4 Å². The molecule has 2 aromatic rings. The summed E-state index contributed by atoms with van der Waals surface area (Å²) in [6, 6.07) is 14.2. The Hall–Kier alpha value is -2.69. The van der Waals surface area contributed by atoms with E-state index in [4.69, 9.17) is 5.26 Å². The molecule has 0 bridgehead atoms. The summed E-state index contributed by atoms with van der Waals surface area (Å²) in [7, 11) is -0.739. The van der Waals surface area contributed by atoms with Gasteiger partial charge in [0, 0.05) is 25.3 Å². The molecule has 0 fully saturated rings. The van der Waals surface area contributed by atoms with Gasteiger partial charge in [-0.25, -0.2) is 12.7 Å². The highest BCUT2D eigenvalue weighted by molar-refractivity contribution is 7.89. The number of benzene rings is 2. The van der Waals surface area contributed by atoms with Crippen LogP contribution in [-0.4, -0.2) is 32.7 Å². The summed E-state index contributed by atoms with van der Waals surface area (Å²) in [5, 5.41) is 11.4. The summed E-state index contributed by atoms with van der Waals surface area (Å²) in [6.45, 7) is 0. The van der Waals surface area contributed by atoms with E-state index in [9.17, 15) is 13.2 Å². The van der Waals surface area contributed by atoms with Crippen molar-refractivity contribution in [1.29, 1.82) is 5.26 Å². The number of amides is 1. The normalized spacial score (nSPS) is 11.0. The first-order chi connectivity index (χ1) is 10.8. The first kappa shape index (κ1) is 16.7. The van der Waals surface area contributed by atoms with Gasteiger partial charge in [0.1, 0.15) is 0 Å². The van der Waals surface area contributed by atoms with Crippen LogP contribution in [0.3, 0.4) is 0 Å². The number of sulfonamides is 1. The molecule has 2 rings (SSSR count). The number of hydrogen-bond donors (Lipinski definition) is 1. The Morgan fingerprint density at radius 2 is 1.78 bits per heavy atom. The predicted octanol–water partition coefficient (Wildman–Crippen LogP) is 2.06. The molecule has 0 atom stereocenters. The Morgan fingerprint density at radius 3 is 2.35 bits per heavy atom. The van der Waals surface area contributed by atoms with E-state index in [2.05, 4.69) is 5.32 Å². The second-order valence-corrected chi connectivity index (χ2v) is 7.11. The van der Waals surface area contributed by atoms with Crippen molar-refractivity contribution in [1.82, 2.24) is 4.31 Å². The molecule has 23 heavy (non-hydrogen) atoms. The van der Waals surface area contributed by atoms with Crippen LogP contribution >= 0.6 is 0 Å². The third kappa shape index (κ3) is 3.74. The van der Waals surface area contributed by atoms with Gasteiger partial charge in [-0.3, -0.25) is 4.79 Å². The van der Waals surface area contributed by atoms with Crippen molar-refractivity contribution >= 4 is 21.6 Å². The summed E-state index contributed by atoms with van der Waals surface area (Å²) in [4.78, 5) is 12.3. The lowest BCUT2D eigenvalue weighted by atomic mass is 10.2. The summed E-state index contributed by atoms with van der Waals surface area (Å²) in [6.07, 6.45) is 0. The summed E-state index contributed by atoms with van der Waals surface area (Å²) in [5.74, 6) is -0.425. The van der Waals surface area contributed by atoms with Gasteiger partial charge in [-0.2, -0.15) is 5.26 Å². The van der Waals surface area contributed by atoms with Gasteiger partial charge in [0.25, 0.3) is 5.91 Å². The number of nitriles is 1. The average molecular weight is 329 g/mol. The minimum atomic E-state index is -3.60. The highest BCUT2D eigenvalue weighted by atomic mass is 32.2. The molecule has 0 aliphatic rings. The molecule has 6 nitrogen and oxygen atoms in total. The lowest BCUT2D eigenvalue weighted by Crippen LogP contribution is -2.22. The smallest absolute Gasteiger partial charge is 0.255 e. The van der Waals surface area contributed by atoms with Crippen LogP contribution in [0.1, 0.15) is 15.9 Å². The van der Waals surface area contributed by atoms with Gasteiger partial charge in [0.2, 0.25) is 10.0 Å². The molecule has 0 aliphatic carbocycles. The fraction of sp³-hybridized carbons (Fsp3) is 0.125. The van der Waals surface area contributed by atoms with Crippen molar-refractivity contribution in [2.45, 2.75) is 4.90 Å². The minimum Gasteiger partial charge on any atom is -0.322 e. The van der Waals surface area contributed by atoms with E-state index in [1.807, 2.05) is 6.07 Å². The number of rotatable bonds is 4. The fourth-order valence-corrected chi connectivity index (χ4v) is 2.79. The van der Waals surface area contributed by atoms with Gasteiger partial charge in [0.15, 0.2) is 0 Å². The standard InChI is InChI=1S/C16H15N3O3S/c1-19(2)23(21,22)15-5-3-4-13(10-15)16(20)18-14-8-6-12(11-17)7-9-14/h3-10H,1-2H3,(H,18,20). The number of carbonyl (C=O) groups excluding carboxylic acids is 1. The number of hydrogen-bond acceptors (Lipinski definition) is 4. The van der Waals surface area contributed by atoms with Crippen molar-refractivity contribution in [3.63, 3.8) is 0 Å². The van der Waals surface area contributed by atoms with E-state index < -0.39 is 15.9 Å². The van der Waals surface area contributed by atoms with E-state index in [0.717, 1.165) is 4.31 Å². The van der Waals surface area contributed by atoms with Crippen LogP contribution in [0.15, 0.2) is 53.4 Å². The zero-order chi connectivity index (χ0) is 17.0.